The first-order chi connectivity index (χ1) is 13.4. The van der Waals surface area contributed by atoms with Crippen LogP contribution in [0.5, 0.6) is 0 Å². The molecule has 1 aliphatic rings. The van der Waals surface area contributed by atoms with Gasteiger partial charge in [-0.1, -0.05) is 36.4 Å². The number of benzene rings is 2. The second kappa shape index (κ2) is 7.16. The zero-order valence-electron chi connectivity index (χ0n) is 15.4. The van der Waals surface area contributed by atoms with Gasteiger partial charge < -0.3 is 14.6 Å². The number of sulfone groups is 1. The van der Waals surface area contributed by atoms with Crippen LogP contribution in [0.25, 0.3) is 0 Å². The quantitative estimate of drug-likeness (QED) is 0.714. The van der Waals surface area contributed by atoms with Gasteiger partial charge in [0.15, 0.2) is 5.76 Å². The number of amides is 1. The molecule has 0 spiro atoms. The van der Waals surface area contributed by atoms with E-state index in [0.717, 1.165) is 24.8 Å². The molecule has 1 aliphatic heterocycles. The highest BCUT2D eigenvalue weighted by Gasteiger charge is 2.21. The third-order valence-corrected chi connectivity index (χ3v) is 5.73. The summed E-state index contributed by atoms with van der Waals surface area (Å²) in [6, 6.07) is 18.6. The molecule has 0 radical (unpaired) electrons. The Hall–Kier alpha value is -3.06. The SMILES string of the molecule is CS(=O)(=O)c1ccc(C(=O)Nc2ccccc2CN2CCc3ccccc32)o1. The zero-order valence-corrected chi connectivity index (χ0v) is 16.2. The van der Waals surface area contributed by atoms with Crippen LogP contribution in [0.15, 0.2) is 70.2 Å². The molecule has 0 saturated carbocycles. The number of hydrogen-bond donors (Lipinski definition) is 1. The van der Waals surface area contributed by atoms with Gasteiger partial charge in [0.05, 0.1) is 0 Å². The number of anilines is 2. The Morgan fingerprint density at radius 2 is 1.82 bits per heavy atom. The first-order valence-corrected chi connectivity index (χ1v) is 10.8. The van der Waals surface area contributed by atoms with Gasteiger partial charge in [0.1, 0.15) is 0 Å². The Morgan fingerprint density at radius 3 is 2.61 bits per heavy atom. The van der Waals surface area contributed by atoms with E-state index in [1.807, 2.05) is 36.4 Å². The molecule has 3 aromatic rings. The average Bonchev–Trinajstić information content (AvgIpc) is 3.31. The molecule has 0 aliphatic carbocycles. The average molecular weight is 396 g/mol. The minimum Gasteiger partial charge on any atom is -0.440 e. The van der Waals surface area contributed by atoms with Crippen LogP contribution in [0.2, 0.25) is 0 Å². The van der Waals surface area contributed by atoms with Crippen LogP contribution in [0.3, 0.4) is 0 Å². The lowest BCUT2D eigenvalue weighted by molar-refractivity contribution is 0.0991. The predicted molar refractivity (Wildman–Crippen MR) is 107 cm³/mol. The van der Waals surface area contributed by atoms with Crippen molar-refractivity contribution >= 4 is 27.1 Å². The van der Waals surface area contributed by atoms with E-state index in [-0.39, 0.29) is 10.9 Å². The van der Waals surface area contributed by atoms with Gasteiger partial charge in [-0.15, -0.1) is 0 Å². The second-order valence-corrected chi connectivity index (χ2v) is 8.75. The monoisotopic (exact) mass is 396 g/mol. The highest BCUT2D eigenvalue weighted by atomic mass is 32.2. The predicted octanol–water partition coefficient (Wildman–Crippen LogP) is 3.50. The molecule has 144 valence electrons. The molecule has 28 heavy (non-hydrogen) atoms. The molecule has 0 bridgehead atoms. The fraction of sp³-hybridized carbons (Fsp3) is 0.190. The van der Waals surface area contributed by atoms with E-state index in [9.17, 15) is 13.2 Å². The third kappa shape index (κ3) is 3.66. The van der Waals surface area contributed by atoms with E-state index in [1.54, 1.807) is 0 Å². The lowest BCUT2D eigenvalue weighted by Crippen LogP contribution is -2.21. The third-order valence-electron chi connectivity index (χ3n) is 4.78. The molecular weight excluding hydrogens is 376 g/mol. The molecule has 2 heterocycles. The molecule has 1 aromatic heterocycles. The normalized spacial score (nSPS) is 13.4. The number of rotatable bonds is 5. The second-order valence-electron chi connectivity index (χ2n) is 6.80. The van der Waals surface area contributed by atoms with E-state index in [2.05, 4.69) is 22.3 Å². The number of hydrogen-bond acceptors (Lipinski definition) is 5. The Balaban J connectivity index is 1.54. The maximum atomic E-state index is 12.5. The van der Waals surface area contributed by atoms with Gasteiger partial charge in [-0.05, 0) is 41.8 Å². The molecule has 0 fully saturated rings. The number of fused-ring (bicyclic) bond motifs is 1. The fourth-order valence-corrected chi connectivity index (χ4v) is 3.94. The van der Waals surface area contributed by atoms with Crippen LogP contribution in [0.1, 0.15) is 21.7 Å². The van der Waals surface area contributed by atoms with Gasteiger partial charge in [0.25, 0.3) is 5.91 Å². The van der Waals surface area contributed by atoms with Crippen LogP contribution < -0.4 is 10.2 Å². The highest BCUT2D eigenvalue weighted by Crippen LogP contribution is 2.30. The van der Waals surface area contributed by atoms with Crippen molar-refractivity contribution in [3.05, 3.63) is 77.6 Å². The number of nitrogens with zero attached hydrogens (tertiary/aromatic N) is 1. The van der Waals surface area contributed by atoms with Gasteiger partial charge >= 0.3 is 0 Å². The maximum absolute atomic E-state index is 12.5. The molecule has 7 heteroatoms. The summed E-state index contributed by atoms with van der Waals surface area (Å²) in [4.78, 5) is 14.8. The van der Waals surface area contributed by atoms with E-state index in [4.69, 9.17) is 4.42 Å². The molecule has 0 saturated heterocycles. The molecule has 1 N–H and O–H groups in total. The molecule has 0 atom stereocenters. The molecule has 0 unspecified atom stereocenters. The van der Waals surface area contributed by atoms with Crippen LogP contribution in [0.4, 0.5) is 11.4 Å². The molecule has 1 amide bonds. The lowest BCUT2D eigenvalue weighted by atomic mass is 10.1. The van der Waals surface area contributed by atoms with Crippen LogP contribution in [0, 0.1) is 0 Å². The minimum absolute atomic E-state index is 0.0400. The summed E-state index contributed by atoms with van der Waals surface area (Å²) in [5, 5.41) is 2.61. The number of furan rings is 1. The van der Waals surface area contributed by atoms with E-state index in [0.29, 0.717) is 12.2 Å². The van der Waals surface area contributed by atoms with Crippen molar-refractivity contribution in [3.8, 4) is 0 Å². The Kier molecular flexibility index (Phi) is 4.68. The van der Waals surface area contributed by atoms with Crippen molar-refractivity contribution in [2.45, 2.75) is 18.1 Å². The summed E-state index contributed by atoms with van der Waals surface area (Å²) in [6.45, 7) is 1.59. The summed E-state index contributed by atoms with van der Waals surface area (Å²) >= 11 is 0. The topological polar surface area (TPSA) is 79.6 Å². The first kappa shape index (κ1) is 18.3. The summed E-state index contributed by atoms with van der Waals surface area (Å²) < 4.78 is 28.3. The molecule has 2 aromatic carbocycles. The largest absolute Gasteiger partial charge is 0.440 e. The van der Waals surface area contributed by atoms with Gasteiger partial charge in [-0.2, -0.15) is 0 Å². The summed E-state index contributed by atoms with van der Waals surface area (Å²) in [6.07, 6.45) is 2.04. The van der Waals surface area contributed by atoms with Crippen LogP contribution >= 0.6 is 0 Å². The highest BCUT2D eigenvalue weighted by molar-refractivity contribution is 7.90. The molecular formula is C21H20N2O4S. The number of carbonyl (C=O) groups is 1. The summed E-state index contributed by atoms with van der Waals surface area (Å²) in [5.41, 5.74) is 4.19. The van der Waals surface area contributed by atoms with Crippen molar-refractivity contribution in [1.29, 1.82) is 0 Å². The van der Waals surface area contributed by atoms with Crippen molar-refractivity contribution in [2.24, 2.45) is 0 Å². The fourth-order valence-electron chi connectivity index (χ4n) is 3.38. The Bertz CT molecular complexity index is 1130. The van der Waals surface area contributed by atoms with Crippen LogP contribution in [-0.4, -0.2) is 27.1 Å². The summed E-state index contributed by atoms with van der Waals surface area (Å²) in [5.74, 6) is -0.522. The van der Waals surface area contributed by atoms with E-state index in [1.165, 1.54) is 23.4 Å². The van der Waals surface area contributed by atoms with Gasteiger partial charge in [-0.25, -0.2) is 8.42 Å². The Morgan fingerprint density at radius 1 is 1.07 bits per heavy atom. The van der Waals surface area contributed by atoms with Crippen molar-refractivity contribution < 1.29 is 17.6 Å². The van der Waals surface area contributed by atoms with Crippen LogP contribution in [-0.2, 0) is 22.8 Å². The van der Waals surface area contributed by atoms with Gasteiger partial charge in [0, 0.05) is 30.7 Å². The maximum Gasteiger partial charge on any atom is 0.291 e. The summed E-state index contributed by atoms with van der Waals surface area (Å²) in [7, 11) is -3.49. The van der Waals surface area contributed by atoms with E-state index < -0.39 is 15.7 Å². The Labute approximate surface area is 163 Å². The van der Waals surface area contributed by atoms with Crippen molar-refractivity contribution in [2.75, 3.05) is 23.0 Å². The molecule has 4 rings (SSSR count). The smallest absolute Gasteiger partial charge is 0.291 e. The number of carbonyl (C=O) groups excluding carboxylic acids is 1. The molecule has 6 nitrogen and oxygen atoms in total. The number of para-hydroxylation sites is 2. The standard InChI is InChI=1S/C21H20N2O4S/c1-28(25,26)20-11-10-19(27-20)21(24)22-17-8-4-2-7-16(17)14-23-13-12-15-6-3-5-9-18(15)23/h2-11H,12-14H2,1H3,(H,22,24). The number of nitrogens with one attached hydrogen (secondary N) is 1. The first-order valence-electron chi connectivity index (χ1n) is 8.94. The minimum atomic E-state index is -3.49. The van der Waals surface area contributed by atoms with Gasteiger partial charge in [-0.3, -0.25) is 4.79 Å². The van der Waals surface area contributed by atoms with Crippen molar-refractivity contribution in [3.63, 3.8) is 0 Å². The van der Waals surface area contributed by atoms with Gasteiger partial charge in [0.2, 0.25) is 14.9 Å². The van der Waals surface area contributed by atoms with Crippen molar-refractivity contribution in [1.82, 2.24) is 0 Å². The zero-order chi connectivity index (χ0) is 19.7. The van der Waals surface area contributed by atoms with E-state index >= 15 is 0 Å². The lowest BCUT2D eigenvalue weighted by Gasteiger charge is -2.21.